The highest BCUT2D eigenvalue weighted by Crippen LogP contribution is 2.22. The Balaban J connectivity index is 3.80. The summed E-state index contributed by atoms with van der Waals surface area (Å²) in [6.45, 7) is 17.8. The Labute approximate surface area is 102 Å². The van der Waals surface area contributed by atoms with Crippen LogP contribution in [-0.4, -0.2) is 24.4 Å². The van der Waals surface area contributed by atoms with Gasteiger partial charge >= 0.3 is 0 Å². The molecule has 0 aromatic rings. The van der Waals surface area contributed by atoms with E-state index in [1.54, 1.807) is 0 Å². The van der Waals surface area contributed by atoms with E-state index >= 15 is 0 Å². The molecule has 2 heteroatoms. The molecule has 2 nitrogen and oxygen atoms in total. The minimum absolute atomic E-state index is 0.0873. The molecule has 0 aromatic heterocycles. The predicted octanol–water partition coefficient (Wildman–Crippen LogP) is 4.03. The second-order valence-electron chi connectivity index (χ2n) is 6.95. The van der Waals surface area contributed by atoms with Crippen molar-refractivity contribution in [3.63, 3.8) is 0 Å². The lowest BCUT2D eigenvalue weighted by Crippen LogP contribution is -2.30. The Morgan fingerprint density at radius 3 is 1.75 bits per heavy atom. The van der Waals surface area contributed by atoms with Crippen LogP contribution >= 0.6 is 0 Å². The van der Waals surface area contributed by atoms with E-state index in [-0.39, 0.29) is 11.7 Å². The van der Waals surface area contributed by atoms with Crippen LogP contribution in [0.25, 0.3) is 0 Å². The second-order valence-corrected chi connectivity index (χ2v) is 6.95. The number of rotatable bonds is 5. The van der Waals surface area contributed by atoms with Crippen LogP contribution in [0, 0.1) is 5.41 Å². The highest BCUT2D eigenvalue weighted by molar-refractivity contribution is 4.67. The molecule has 98 valence electrons. The Bertz CT molecular complexity index is 164. The maximum Gasteiger partial charge on any atom is 0.0787 e. The minimum atomic E-state index is -0.0873. The lowest BCUT2D eigenvalue weighted by atomic mass is 9.90. The van der Waals surface area contributed by atoms with Gasteiger partial charge in [0.1, 0.15) is 0 Å². The Kier molecular flexibility index (Phi) is 5.99. The van der Waals surface area contributed by atoms with Crippen molar-refractivity contribution in [1.82, 2.24) is 0 Å². The Hall–Kier alpha value is -0.0800. The van der Waals surface area contributed by atoms with E-state index < -0.39 is 0 Å². The fourth-order valence-corrected chi connectivity index (χ4v) is 1.86. The summed E-state index contributed by atoms with van der Waals surface area (Å²) in [5.74, 6) is 0. The first-order valence-corrected chi connectivity index (χ1v) is 6.29. The van der Waals surface area contributed by atoms with Crippen molar-refractivity contribution >= 4 is 0 Å². The van der Waals surface area contributed by atoms with Crippen LogP contribution in [0.5, 0.6) is 0 Å². The third-order valence-corrected chi connectivity index (χ3v) is 2.07. The van der Waals surface area contributed by atoms with E-state index in [2.05, 4.69) is 55.4 Å². The van der Waals surface area contributed by atoms with E-state index in [0.29, 0.717) is 18.1 Å². The summed E-state index contributed by atoms with van der Waals surface area (Å²) in [6, 6.07) is 0. The van der Waals surface area contributed by atoms with Crippen molar-refractivity contribution in [2.24, 2.45) is 5.41 Å². The van der Waals surface area contributed by atoms with Gasteiger partial charge in [0.2, 0.25) is 0 Å². The normalized spacial score (nSPS) is 17.2. The number of hydrogen-bond donors (Lipinski definition) is 0. The summed E-state index contributed by atoms with van der Waals surface area (Å²) in [4.78, 5) is 0. The fraction of sp³-hybridized carbons (Fsp3) is 1.00. The van der Waals surface area contributed by atoms with Crippen molar-refractivity contribution in [2.45, 2.75) is 79.6 Å². The topological polar surface area (TPSA) is 18.5 Å². The van der Waals surface area contributed by atoms with Crippen LogP contribution in [0.2, 0.25) is 0 Å². The molecule has 0 radical (unpaired) electrons. The molecule has 0 bridgehead atoms. The first-order valence-electron chi connectivity index (χ1n) is 6.29. The molecule has 0 saturated carbocycles. The first kappa shape index (κ1) is 15.9. The highest BCUT2D eigenvalue weighted by atomic mass is 16.5. The molecule has 0 rings (SSSR count). The smallest absolute Gasteiger partial charge is 0.0787 e. The van der Waals surface area contributed by atoms with Gasteiger partial charge in [-0.1, -0.05) is 20.8 Å². The van der Waals surface area contributed by atoms with E-state index in [1.807, 2.05) is 0 Å². The quantitative estimate of drug-likeness (QED) is 0.710. The van der Waals surface area contributed by atoms with Crippen LogP contribution in [0.3, 0.4) is 0 Å². The Morgan fingerprint density at radius 1 is 0.875 bits per heavy atom. The molecule has 0 saturated heterocycles. The zero-order valence-corrected chi connectivity index (χ0v) is 12.4. The summed E-state index contributed by atoms with van der Waals surface area (Å²) in [5.41, 5.74) is 0.240. The summed E-state index contributed by atoms with van der Waals surface area (Å²) < 4.78 is 11.6. The third kappa shape index (κ3) is 10.4. The lowest BCUT2D eigenvalue weighted by Gasteiger charge is -2.28. The molecular weight excluding hydrogens is 200 g/mol. The molecule has 0 spiro atoms. The zero-order valence-electron chi connectivity index (χ0n) is 12.4. The van der Waals surface area contributed by atoms with Gasteiger partial charge < -0.3 is 9.47 Å². The van der Waals surface area contributed by atoms with Gasteiger partial charge in [-0.15, -0.1) is 0 Å². The van der Waals surface area contributed by atoms with Crippen LogP contribution in [0.4, 0.5) is 0 Å². The predicted molar refractivity (Wildman–Crippen MR) is 69.8 cm³/mol. The number of hydrogen-bond acceptors (Lipinski definition) is 2. The maximum absolute atomic E-state index is 5.80. The maximum atomic E-state index is 5.80. The molecule has 0 fully saturated rings. The monoisotopic (exact) mass is 230 g/mol. The second kappa shape index (κ2) is 6.02. The average Bonchev–Trinajstić information content (AvgIpc) is 1.94. The molecule has 0 aliphatic heterocycles. The van der Waals surface area contributed by atoms with Gasteiger partial charge in [0, 0.05) is 0 Å². The van der Waals surface area contributed by atoms with E-state index in [9.17, 15) is 0 Å². The molecule has 0 aliphatic carbocycles. The van der Waals surface area contributed by atoms with E-state index in [1.165, 1.54) is 0 Å². The lowest BCUT2D eigenvalue weighted by molar-refractivity contribution is -0.0983. The molecule has 0 aliphatic rings. The standard InChI is InChI=1S/C14H30O2/c1-11(9-13(3,4)5)15-10-12(2)16-14(6,7)8/h11-12H,9-10H2,1-8H3/t11-,12+/m0/s1. The van der Waals surface area contributed by atoms with Crippen molar-refractivity contribution in [2.75, 3.05) is 6.61 Å². The summed E-state index contributed by atoms with van der Waals surface area (Å²) in [6.07, 6.45) is 1.53. The fourth-order valence-electron chi connectivity index (χ4n) is 1.86. The van der Waals surface area contributed by atoms with Crippen LogP contribution in [0.15, 0.2) is 0 Å². The van der Waals surface area contributed by atoms with Crippen molar-refractivity contribution < 1.29 is 9.47 Å². The van der Waals surface area contributed by atoms with Crippen LogP contribution in [-0.2, 0) is 9.47 Å². The highest BCUT2D eigenvalue weighted by Gasteiger charge is 2.18. The molecule has 2 atom stereocenters. The molecule has 0 amide bonds. The van der Waals surface area contributed by atoms with E-state index in [4.69, 9.17) is 9.47 Å². The molecule has 0 heterocycles. The zero-order chi connectivity index (χ0) is 13.0. The van der Waals surface area contributed by atoms with Gasteiger partial charge in [-0.3, -0.25) is 0 Å². The van der Waals surface area contributed by atoms with Gasteiger partial charge in [-0.25, -0.2) is 0 Å². The first-order chi connectivity index (χ1) is 6.99. The van der Waals surface area contributed by atoms with Crippen LogP contribution in [0.1, 0.15) is 61.8 Å². The third-order valence-electron chi connectivity index (χ3n) is 2.07. The summed E-state index contributed by atoms with van der Waals surface area (Å²) in [7, 11) is 0. The van der Waals surface area contributed by atoms with Gasteiger partial charge in [-0.2, -0.15) is 0 Å². The molecule has 0 unspecified atom stereocenters. The van der Waals surface area contributed by atoms with Gasteiger partial charge in [0.15, 0.2) is 0 Å². The van der Waals surface area contributed by atoms with Crippen molar-refractivity contribution in [3.05, 3.63) is 0 Å². The van der Waals surface area contributed by atoms with Crippen LogP contribution < -0.4 is 0 Å². The minimum Gasteiger partial charge on any atom is -0.376 e. The summed E-state index contributed by atoms with van der Waals surface area (Å²) >= 11 is 0. The van der Waals surface area contributed by atoms with Gasteiger partial charge in [0.25, 0.3) is 0 Å². The van der Waals surface area contributed by atoms with Gasteiger partial charge in [0.05, 0.1) is 24.4 Å². The van der Waals surface area contributed by atoms with Crippen molar-refractivity contribution in [1.29, 1.82) is 0 Å². The number of ether oxygens (including phenoxy) is 2. The largest absolute Gasteiger partial charge is 0.376 e. The molecule has 16 heavy (non-hydrogen) atoms. The molecule has 0 aromatic carbocycles. The van der Waals surface area contributed by atoms with Gasteiger partial charge in [-0.05, 0) is 46.5 Å². The average molecular weight is 230 g/mol. The SMILES string of the molecule is C[C@H](CO[C@@H](C)CC(C)(C)C)OC(C)(C)C. The molecular formula is C14H30O2. The van der Waals surface area contributed by atoms with Crippen molar-refractivity contribution in [3.8, 4) is 0 Å². The summed E-state index contributed by atoms with van der Waals surface area (Å²) in [5, 5.41) is 0. The Morgan fingerprint density at radius 2 is 1.38 bits per heavy atom. The molecule has 0 N–H and O–H groups in total. The van der Waals surface area contributed by atoms with E-state index in [0.717, 1.165) is 6.42 Å².